The van der Waals surface area contributed by atoms with Crippen molar-refractivity contribution in [2.24, 2.45) is 23.2 Å². The third-order valence-electron chi connectivity index (χ3n) is 7.80. The topological polar surface area (TPSA) is 66.8 Å². The van der Waals surface area contributed by atoms with E-state index in [4.69, 9.17) is 4.74 Å². The Morgan fingerprint density at radius 3 is 2.77 bits per heavy atom. The van der Waals surface area contributed by atoms with Gasteiger partial charge in [0.25, 0.3) is 0 Å². The lowest BCUT2D eigenvalue weighted by atomic mass is 9.55. The highest BCUT2D eigenvalue weighted by Gasteiger charge is 2.57. The van der Waals surface area contributed by atoms with Gasteiger partial charge in [-0.05, 0) is 91.4 Å². The number of carbonyl (C=O) groups is 1. The summed E-state index contributed by atoms with van der Waals surface area (Å²) < 4.78 is 5.55. The van der Waals surface area contributed by atoms with E-state index in [-0.39, 0.29) is 17.3 Å². The highest BCUT2D eigenvalue weighted by Crippen LogP contribution is 2.60. The molecule has 0 aliphatic heterocycles. The number of fused-ring (bicyclic) bond motifs is 5. The zero-order valence-corrected chi connectivity index (χ0v) is 15.4. The fourth-order valence-corrected chi connectivity index (χ4v) is 6.13. The molecule has 0 saturated heterocycles. The first-order valence-electron chi connectivity index (χ1n) is 10.2. The summed E-state index contributed by atoms with van der Waals surface area (Å²) in [5.74, 6) is 2.15. The molecule has 6 atom stereocenters. The molecule has 0 heterocycles. The van der Waals surface area contributed by atoms with Crippen LogP contribution < -0.4 is 4.74 Å². The second kappa shape index (κ2) is 5.80. The lowest BCUT2D eigenvalue weighted by Gasteiger charge is -2.49. The van der Waals surface area contributed by atoms with Gasteiger partial charge in [0.2, 0.25) is 0 Å². The summed E-state index contributed by atoms with van der Waals surface area (Å²) in [6, 6.07) is 6.18. The first kappa shape index (κ1) is 16.8. The minimum atomic E-state index is -0.584. The average molecular weight is 356 g/mol. The number of hydrogen-bond acceptors (Lipinski definition) is 4. The Hall–Kier alpha value is -1.39. The van der Waals surface area contributed by atoms with Gasteiger partial charge in [0, 0.05) is 0 Å². The minimum Gasteiger partial charge on any atom is -0.426 e. The van der Waals surface area contributed by atoms with Crippen molar-refractivity contribution >= 4 is 5.97 Å². The maximum Gasteiger partial charge on any atom is 0.314 e. The monoisotopic (exact) mass is 356 g/mol. The molecule has 1 aromatic carbocycles. The summed E-state index contributed by atoms with van der Waals surface area (Å²) in [5.41, 5.74) is 2.57. The summed E-state index contributed by atoms with van der Waals surface area (Å²) in [7, 11) is 0. The second-order valence-corrected chi connectivity index (χ2v) is 9.26. The van der Waals surface area contributed by atoms with Crippen LogP contribution in [0, 0.1) is 23.2 Å². The number of hydrogen-bond donors (Lipinski definition) is 2. The Morgan fingerprint density at radius 1 is 1.19 bits per heavy atom. The molecule has 140 valence electrons. The number of aliphatic hydroxyl groups excluding tert-OH is 2. The van der Waals surface area contributed by atoms with Crippen LogP contribution >= 0.6 is 0 Å². The van der Waals surface area contributed by atoms with E-state index in [9.17, 15) is 15.0 Å². The number of carbonyl (C=O) groups excluding carboxylic acids is 1. The van der Waals surface area contributed by atoms with Crippen LogP contribution in [0.2, 0.25) is 0 Å². The molecule has 1 aromatic rings. The number of aliphatic hydroxyl groups is 2. The van der Waals surface area contributed by atoms with E-state index in [1.165, 1.54) is 11.1 Å². The fourth-order valence-electron chi connectivity index (χ4n) is 6.13. The van der Waals surface area contributed by atoms with Gasteiger partial charge in [0.05, 0.1) is 18.1 Å². The molecule has 0 aromatic heterocycles. The molecule has 2 N–H and O–H groups in total. The maximum absolute atomic E-state index is 11.9. The van der Waals surface area contributed by atoms with E-state index in [2.05, 4.69) is 19.1 Å². The van der Waals surface area contributed by atoms with Crippen molar-refractivity contribution in [2.75, 3.05) is 0 Å². The van der Waals surface area contributed by atoms with Crippen LogP contribution in [0.1, 0.15) is 62.5 Å². The van der Waals surface area contributed by atoms with Crippen LogP contribution in [0.5, 0.6) is 5.75 Å². The zero-order chi connectivity index (χ0) is 18.1. The summed E-state index contributed by atoms with van der Waals surface area (Å²) in [6.45, 7) is 2.17. The fraction of sp³-hybridized carbons (Fsp3) is 0.682. The third-order valence-corrected chi connectivity index (χ3v) is 7.80. The molecule has 3 unspecified atom stereocenters. The highest BCUT2D eigenvalue weighted by atomic mass is 16.5. The lowest BCUT2D eigenvalue weighted by Crippen LogP contribution is -2.44. The summed E-state index contributed by atoms with van der Waals surface area (Å²) >= 11 is 0. The molecular formula is C22H28O4. The van der Waals surface area contributed by atoms with Crippen LogP contribution in [0.4, 0.5) is 0 Å². The largest absolute Gasteiger partial charge is 0.426 e. The molecule has 0 bridgehead atoms. The Bertz CT molecular complexity index is 740. The van der Waals surface area contributed by atoms with Crippen LogP contribution in [0.25, 0.3) is 0 Å². The Labute approximate surface area is 154 Å². The molecule has 0 amide bonds. The Kier molecular flexibility index (Phi) is 3.74. The van der Waals surface area contributed by atoms with Gasteiger partial charge in [-0.1, -0.05) is 13.0 Å². The molecule has 4 nitrogen and oxygen atoms in total. The van der Waals surface area contributed by atoms with E-state index in [1.54, 1.807) is 0 Å². The standard InChI is InChI=1S/C22H28O4/c1-22-9-8-16-15-7-5-14(26-21(25)12-2-3-12)10-13(15)4-6-17(16)18(22)11-19(23)20(22)24/h5,7,10,12,16-20,23-24H,2-4,6,8-9,11H2,1H3/t16?,17?,18?,19-,20+,22+/m1/s1. The summed E-state index contributed by atoms with van der Waals surface area (Å²) in [5, 5.41) is 20.8. The van der Waals surface area contributed by atoms with E-state index in [0.29, 0.717) is 23.5 Å². The van der Waals surface area contributed by atoms with Gasteiger partial charge in [0.1, 0.15) is 5.75 Å². The number of esters is 1. The van der Waals surface area contributed by atoms with Crippen LogP contribution in [0.15, 0.2) is 18.2 Å². The molecule has 0 spiro atoms. The van der Waals surface area contributed by atoms with Gasteiger partial charge in [-0.2, -0.15) is 0 Å². The molecule has 4 heteroatoms. The molecule has 4 aliphatic rings. The highest BCUT2D eigenvalue weighted by molar-refractivity contribution is 5.77. The van der Waals surface area contributed by atoms with Crippen LogP contribution in [0.3, 0.4) is 0 Å². The SMILES string of the molecule is C[C@]12CCC3c4ccc(OC(=O)C5CC5)cc4CCC3C1C[C@@H](O)[C@@H]2O. The average Bonchev–Trinajstić information content (AvgIpc) is 3.44. The predicted molar refractivity (Wildman–Crippen MR) is 96.8 cm³/mol. The van der Waals surface area contributed by atoms with Crippen LogP contribution in [-0.2, 0) is 11.2 Å². The number of rotatable bonds is 2. The summed E-state index contributed by atoms with van der Waals surface area (Å²) in [4.78, 5) is 11.9. The molecule has 0 radical (unpaired) electrons. The van der Waals surface area contributed by atoms with Gasteiger partial charge in [-0.3, -0.25) is 4.79 Å². The minimum absolute atomic E-state index is 0.0824. The van der Waals surface area contributed by atoms with Gasteiger partial charge in [0.15, 0.2) is 0 Å². The van der Waals surface area contributed by atoms with E-state index in [1.807, 2.05) is 6.07 Å². The lowest BCUT2D eigenvalue weighted by molar-refractivity contribution is -0.135. The van der Waals surface area contributed by atoms with Gasteiger partial charge in [-0.25, -0.2) is 0 Å². The van der Waals surface area contributed by atoms with E-state index in [0.717, 1.165) is 44.9 Å². The predicted octanol–water partition coefficient (Wildman–Crippen LogP) is 3.19. The molecule has 5 rings (SSSR count). The first-order chi connectivity index (χ1) is 12.5. The van der Waals surface area contributed by atoms with Crippen molar-refractivity contribution in [3.63, 3.8) is 0 Å². The molecule has 4 aliphatic carbocycles. The van der Waals surface area contributed by atoms with Gasteiger partial charge >= 0.3 is 5.97 Å². The van der Waals surface area contributed by atoms with E-state index >= 15 is 0 Å². The van der Waals surface area contributed by atoms with Crippen LogP contribution in [-0.4, -0.2) is 28.4 Å². The van der Waals surface area contributed by atoms with Gasteiger partial charge in [-0.15, -0.1) is 0 Å². The third kappa shape index (κ3) is 2.45. The van der Waals surface area contributed by atoms with Crippen molar-refractivity contribution < 1.29 is 19.7 Å². The molecule has 3 fully saturated rings. The number of benzene rings is 1. The number of ether oxygens (including phenoxy) is 1. The second-order valence-electron chi connectivity index (χ2n) is 9.26. The molecular weight excluding hydrogens is 328 g/mol. The Balaban J connectivity index is 1.40. The normalized spacial score (nSPS) is 41.1. The molecule has 26 heavy (non-hydrogen) atoms. The quantitative estimate of drug-likeness (QED) is 0.631. The first-order valence-corrected chi connectivity index (χ1v) is 10.2. The van der Waals surface area contributed by atoms with Gasteiger partial charge < -0.3 is 14.9 Å². The van der Waals surface area contributed by atoms with Crippen molar-refractivity contribution in [2.45, 2.75) is 70.0 Å². The number of aryl methyl sites for hydroxylation is 1. The van der Waals surface area contributed by atoms with Crippen molar-refractivity contribution in [1.29, 1.82) is 0 Å². The zero-order valence-electron chi connectivity index (χ0n) is 15.4. The summed E-state index contributed by atoms with van der Waals surface area (Å²) in [6.07, 6.45) is 5.61. The Morgan fingerprint density at radius 2 is 2.00 bits per heavy atom. The van der Waals surface area contributed by atoms with Crippen molar-refractivity contribution in [1.82, 2.24) is 0 Å². The van der Waals surface area contributed by atoms with Crippen molar-refractivity contribution in [3.05, 3.63) is 29.3 Å². The van der Waals surface area contributed by atoms with Crippen molar-refractivity contribution in [3.8, 4) is 5.75 Å². The smallest absolute Gasteiger partial charge is 0.314 e. The van der Waals surface area contributed by atoms with E-state index < -0.39 is 12.2 Å². The molecule has 3 saturated carbocycles. The maximum atomic E-state index is 11.9.